The molecule has 0 spiro atoms. The Hall–Kier alpha value is -2.27. The Morgan fingerprint density at radius 2 is 1.95 bits per heavy atom. The lowest BCUT2D eigenvalue weighted by atomic mass is 10.2. The van der Waals surface area contributed by atoms with Crippen LogP contribution in [-0.2, 0) is 14.3 Å². The van der Waals surface area contributed by atoms with E-state index in [0.29, 0.717) is 5.69 Å². The Balaban J connectivity index is 2.43. The largest absolute Gasteiger partial charge is 0.460 e. The van der Waals surface area contributed by atoms with Gasteiger partial charge in [-0.1, -0.05) is 31.4 Å². The molecule has 116 valence electrons. The minimum absolute atomic E-state index is 0.0735. The normalized spacial score (nSPS) is 10.7. The molecule has 5 heteroatoms. The van der Waals surface area contributed by atoms with E-state index in [1.165, 1.54) is 0 Å². The monoisotopic (exact) mass is 317 g/mol. The first kappa shape index (κ1) is 17.8. The maximum atomic E-state index is 11.7. The van der Waals surface area contributed by atoms with Crippen LogP contribution in [0.25, 0.3) is 0 Å². The summed E-state index contributed by atoms with van der Waals surface area (Å²) in [5.74, 6) is -0.996. The number of hydrogen-bond donors (Lipinski definition) is 1. The molecule has 0 fully saturated rings. The number of ether oxygens (including phenoxy) is 1. The topological polar surface area (TPSA) is 55.4 Å². The van der Waals surface area contributed by atoms with Gasteiger partial charge >= 0.3 is 5.97 Å². The quantitative estimate of drug-likeness (QED) is 0.345. The molecule has 0 saturated heterocycles. The summed E-state index contributed by atoms with van der Waals surface area (Å²) in [5.41, 5.74) is 1.37. The maximum Gasteiger partial charge on any atom is 0.315 e. The zero-order valence-corrected chi connectivity index (χ0v) is 13.3. The lowest BCUT2D eigenvalue weighted by molar-refractivity contribution is -0.144. The summed E-state index contributed by atoms with van der Waals surface area (Å²) >= 11 is 1.62. The van der Waals surface area contributed by atoms with Gasteiger partial charge in [0.2, 0.25) is 5.91 Å². The molecule has 1 aromatic carbocycles. The zero-order chi connectivity index (χ0) is 16.4. The van der Waals surface area contributed by atoms with Gasteiger partial charge in [0.1, 0.15) is 13.0 Å². The fourth-order valence-corrected chi connectivity index (χ4v) is 1.96. The van der Waals surface area contributed by atoms with Gasteiger partial charge in [-0.2, -0.15) is 0 Å². The van der Waals surface area contributed by atoms with Crippen LogP contribution in [0, 0.1) is 0 Å². The summed E-state index contributed by atoms with van der Waals surface area (Å²) in [6.45, 7) is 7.23. The van der Waals surface area contributed by atoms with Crippen LogP contribution in [0.2, 0.25) is 0 Å². The summed E-state index contributed by atoms with van der Waals surface area (Å²) in [6, 6.07) is 7.37. The first-order valence-electron chi connectivity index (χ1n) is 6.62. The molecule has 0 aliphatic carbocycles. The number of nitrogens with one attached hydrogen (secondary N) is 1. The van der Waals surface area contributed by atoms with E-state index < -0.39 is 11.9 Å². The fraction of sp³-hybridized carbons (Fsp3) is 0.176. The van der Waals surface area contributed by atoms with Gasteiger partial charge in [-0.05, 0) is 36.1 Å². The number of carbonyl (C=O) groups is 2. The van der Waals surface area contributed by atoms with Gasteiger partial charge in [-0.15, -0.1) is 11.8 Å². The molecule has 0 bridgehead atoms. The maximum absolute atomic E-state index is 11.7. The van der Waals surface area contributed by atoms with E-state index in [1.807, 2.05) is 18.4 Å². The number of carbonyl (C=O) groups excluding carboxylic acids is 2. The number of thioether (sulfide) groups is 1. The van der Waals surface area contributed by atoms with E-state index in [9.17, 15) is 9.59 Å². The van der Waals surface area contributed by atoms with Crippen molar-refractivity contribution in [2.75, 3.05) is 18.2 Å². The number of benzene rings is 1. The SMILES string of the molecule is C=C/C=C(\C=C)COC(=O)CC(=O)Nc1ccc(SC)cc1. The van der Waals surface area contributed by atoms with Crippen molar-refractivity contribution >= 4 is 29.3 Å². The Labute approximate surface area is 134 Å². The van der Waals surface area contributed by atoms with Gasteiger partial charge in [0, 0.05) is 10.6 Å². The summed E-state index contributed by atoms with van der Waals surface area (Å²) < 4.78 is 5.00. The second-order valence-corrected chi connectivity index (χ2v) is 5.18. The average Bonchev–Trinajstić information content (AvgIpc) is 2.52. The first-order chi connectivity index (χ1) is 10.6. The van der Waals surface area contributed by atoms with Crippen LogP contribution in [0.3, 0.4) is 0 Å². The first-order valence-corrected chi connectivity index (χ1v) is 7.85. The number of rotatable bonds is 8. The van der Waals surface area contributed by atoms with E-state index in [0.717, 1.165) is 10.5 Å². The molecule has 0 aliphatic rings. The Kier molecular flexibility index (Phi) is 7.78. The predicted octanol–water partition coefficient (Wildman–Crippen LogP) is 3.58. The molecule has 1 rings (SSSR count). The van der Waals surface area contributed by atoms with Crippen molar-refractivity contribution in [3.63, 3.8) is 0 Å². The van der Waals surface area contributed by atoms with Gasteiger partial charge < -0.3 is 10.1 Å². The van der Waals surface area contributed by atoms with Crippen LogP contribution in [0.1, 0.15) is 6.42 Å². The van der Waals surface area contributed by atoms with Crippen molar-refractivity contribution in [2.45, 2.75) is 11.3 Å². The van der Waals surface area contributed by atoms with Crippen LogP contribution >= 0.6 is 11.8 Å². The van der Waals surface area contributed by atoms with E-state index in [2.05, 4.69) is 18.5 Å². The van der Waals surface area contributed by atoms with Gasteiger partial charge in [0.05, 0.1) is 0 Å². The molecule has 1 amide bonds. The summed E-state index contributed by atoms with van der Waals surface area (Å²) in [4.78, 5) is 24.4. The number of amides is 1. The standard InChI is InChI=1S/C17H19NO3S/c1-4-6-13(5-2)12-21-17(20)11-16(19)18-14-7-9-15(22-3)10-8-14/h4-10H,1-2,11-12H2,3H3,(H,18,19)/b13-6+. The van der Waals surface area contributed by atoms with Crippen LogP contribution in [0.15, 0.2) is 66.1 Å². The third-order valence-corrected chi connectivity index (χ3v) is 3.42. The van der Waals surface area contributed by atoms with Crippen molar-refractivity contribution in [3.8, 4) is 0 Å². The lowest BCUT2D eigenvalue weighted by Crippen LogP contribution is -2.18. The molecule has 0 saturated carbocycles. The molecular weight excluding hydrogens is 298 g/mol. The molecule has 0 aromatic heterocycles. The molecule has 0 aliphatic heterocycles. The third kappa shape index (κ3) is 6.45. The van der Waals surface area contributed by atoms with E-state index in [-0.39, 0.29) is 13.0 Å². The van der Waals surface area contributed by atoms with Crippen molar-refractivity contribution < 1.29 is 14.3 Å². The third-order valence-electron chi connectivity index (χ3n) is 2.67. The van der Waals surface area contributed by atoms with Gasteiger partial charge in [0.15, 0.2) is 0 Å². The minimum atomic E-state index is -0.588. The molecule has 4 nitrogen and oxygen atoms in total. The highest BCUT2D eigenvalue weighted by Crippen LogP contribution is 2.17. The molecule has 0 heterocycles. The molecule has 1 aromatic rings. The molecular formula is C17H19NO3S. The predicted molar refractivity (Wildman–Crippen MR) is 90.9 cm³/mol. The van der Waals surface area contributed by atoms with E-state index in [1.54, 1.807) is 42.1 Å². The van der Waals surface area contributed by atoms with Gasteiger partial charge in [-0.3, -0.25) is 9.59 Å². The number of esters is 1. The van der Waals surface area contributed by atoms with Gasteiger partial charge in [-0.25, -0.2) is 0 Å². The minimum Gasteiger partial charge on any atom is -0.460 e. The molecule has 1 N–H and O–H groups in total. The Morgan fingerprint density at radius 1 is 1.27 bits per heavy atom. The van der Waals surface area contributed by atoms with Crippen molar-refractivity contribution in [1.29, 1.82) is 0 Å². The molecule has 0 unspecified atom stereocenters. The Bertz CT molecular complexity index is 576. The highest BCUT2D eigenvalue weighted by atomic mass is 32.2. The zero-order valence-electron chi connectivity index (χ0n) is 12.5. The van der Waals surface area contributed by atoms with Crippen LogP contribution in [-0.4, -0.2) is 24.7 Å². The van der Waals surface area contributed by atoms with E-state index >= 15 is 0 Å². The second kappa shape index (κ2) is 9.63. The summed E-state index contributed by atoms with van der Waals surface area (Å²) in [7, 11) is 0. The number of anilines is 1. The van der Waals surface area contributed by atoms with E-state index in [4.69, 9.17) is 4.74 Å². The van der Waals surface area contributed by atoms with Crippen LogP contribution in [0.5, 0.6) is 0 Å². The fourth-order valence-electron chi connectivity index (χ4n) is 1.55. The molecule has 22 heavy (non-hydrogen) atoms. The van der Waals surface area contributed by atoms with Crippen molar-refractivity contribution in [3.05, 3.63) is 61.2 Å². The number of hydrogen-bond acceptors (Lipinski definition) is 4. The smallest absolute Gasteiger partial charge is 0.315 e. The van der Waals surface area contributed by atoms with Crippen LogP contribution < -0.4 is 5.32 Å². The Morgan fingerprint density at radius 3 is 2.50 bits per heavy atom. The van der Waals surface area contributed by atoms with Crippen molar-refractivity contribution in [2.24, 2.45) is 0 Å². The van der Waals surface area contributed by atoms with Crippen molar-refractivity contribution in [1.82, 2.24) is 0 Å². The van der Waals surface area contributed by atoms with Crippen LogP contribution in [0.4, 0.5) is 5.69 Å². The summed E-state index contributed by atoms with van der Waals surface area (Å²) in [5, 5.41) is 2.65. The van der Waals surface area contributed by atoms with Gasteiger partial charge in [0.25, 0.3) is 0 Å². The average molecular weight is 317 g/mol. The number of allylic oxidation sites excluding steroid dienone is 2. The second-order valence-electron chi connectivity index (χ2n) is 4.30. The highest BCUT2D eigenvalue weighted by Gasteiger charge is 2.11. The molecule has 0 radical (unpaired) electrons. The highest BCUT2D eigenvalue weighted by molar-refractivity contribution is 7.98. The molecule has 0 atom stereocenters. The summed E-state index contributed by atoms with van der Waals surface area (Å²) in [6.07, 6.45) is 6.48. The lowest BCUT2D eigenvalue weighted by Gasteiger charge is -2.07.